The van der Waals surface area contributed by atoms with E-state index in [1.165, 1.54) is 133 Å². The van der Waals surface area contributed by atoms with Gasteiger partial charge in [0.2, 0.25) is 0 Å². The zero-order valence-electron chi connectivity index (χ0n) is 41.0. The second-order valence-corrected chi connectivity index (χ2v) is 21.1. The van der Waals surface area contributed by atoms with E-state index in [1.807, 2.05) is 27.7 Å². The van der Waals surface area contributed by atoms with Gasteiger partial charge in [-0.2, -0.15) is 0 Å². The predicted molar refractivity (Wildman–Crippen MR) is 266 cm³/mol. The molecule has 1 unspecified atom stereocenters. The van der Waals surface area contributed by atoms with Crippen molar-refractivity contribution in [2.75, 3.05) is 0 Å². The fraction of sp³-hybridized carbons (Fsp3) is 0.571. The Kier molecular flexibility index (Phi) is 15.5. The summed E-state index contributed by atoms with van der Waals surface area (Å²) in [6, 6.07) is 29.1. The Hall–Kier alpha value is -3.15. The molecule has 0 spiro atoms. The van der Waals surface area contributed by atoms with E-state index >= 15 is 0 Å². The van der Waals surface area contributed by atoms with Gasteiger partial charge in [-0.3, -0.25) is 0 Å². The number of aryl methyl sites for hydroxylation is 4. The fourth-order valence-electron chi connectivity index (χ4n) is 9.59. The van der Waals surface area contributed by atoms with Crippen molar-refractivity contribution in [3.05, 3.63) is 117 Å². The van der Waals surface area contributed by atoms with Crippen LogP contribution >= 0.6 is 0 Å². The first kappa shape index (κ1) is 48.3. The standard InChI is InChI=1S/C56H80B2O4/c1-13-16-19-22-25-41-32-40(4)33-44(35-41)56(45-36-42(26-23-20-17-14-2)34-43(37-45)27-24-21-18-15-3)50-38-46(57-60-53(7,8)52(5,6)59)28-30-48(50)49-31-29-47(39-51(49)56)58-61-54(9,10)55(11,12)62-58/h28-39,57,59H,13-27H2,1-12H3. The van der Waals surface area contributed by atoms with Crippen molar-refractivity contribution < 1.29 is 19.1 Å². The molecule has 4 nitrogen and oxygen atoms in total. The number of unbranched alkanes of at least 4 members (excludes halogenated alkanes) is 9. The average Bonchev–Trinajstić information content (AvgIpc) is 3.63. The van der Waals surface area contributed by atoms with Gasteiger partial charge in [0.25, 0.3) is 0 Å². The summed E-state index contributed by atoms with van der Waals surface area (Å²) in [6.07, 6.45) is 18.1. The summed E-state index contributed by atoms with van der Waals surface area (Å²) in [5, 5.41) is 11.1. The largest absolute Gasteiger partial charge is 0.494 e. The van der Waals surface area contributed by atoms with Gasteiger partial charge < -0.3 is 19.1 Å². The molecule has 1 aliphatic heterocycles. The van der Waals surface area contributed by atoms with Crippen molar-refractivity contribution in [2.24, 2.45) is 0 Å². The minimum atomic E-state index is -1.01. The zero-order chi connectivity index (χ0) is 44.9. The Labute approximate surface area is 378 Å². The Morgan fingerprint density at radius 2 is 1.05 bits per heavy atom. The van der Waals surface area contributed by atoms with Crippen molar-refractivity contribution in [1.82, 2.24) is 0 Å². The third kappa shape index (κ3) is 10.4. The molecule has 2 aliphatic rings. The van der Waals surface area contributed by atoms with E-state index in [-0.39, 0.29) is 0 Å². The normalized spacial score (nSPS) is 18.0. The molecule has 0 saturated carbocycles. The van der Waals surface area contributed by atoms with Crippen LogP contribution in [0, 0.1) is 6.92 Å². The molecule has 0 bridgehead atoms. The maximum Gasteiger partial charge on any atom is 0.494 e. The van der Waals surface area contributed by atoms with Crippen LogP contribution in [0.25, 0.3) is 11.1 Å². The van der Waals surface area contributed by atoms with Crippen LogP contribution in [0.2, 0.25) is 0 Å². The van der Waals surface area contributed by atoms with E-state index in [0.717, 1.165) is 30.2 Å². The van der Waals surface area contributed by atoms with Gasteiger partial charge in [0.1, 0.15) is 0 Å². The van der Waals surface area contributed by atoms with Crippen LogP contribution < -0.4 is 10.9 Å². The molecule has 0 amide bonds. The van der Waals surface area contributed by atoms with Crippen molar-refractivity contribution in [3.63, 3.8) is 0 Å². The molecule has 0 radical (unpaired) electrons. The average molecular weight is 839 g/mol. The number of rotatable bonds is 22. The molecular formula is C56H80B2O4. The monoisotopic (exact) mass is 839 g/mol. The van der Waals surface area contributed by atoms with Crippen LogP contribution in [0.1, 0.15) is 198 Å². The Morgan fingerprint density at radius 1 is 0.581 bits per heavy atom. The first-order chi connectivity index (χ1) is 29.4. The van der Waals surface area contributed by atoms with Gasteiger partial charge in [-0.1, -0.05) is 162 Å². The Bertz CT molecular complexity index is 2080. The number of hydrogen-bond acceptors (Lipinski definition) is 4. The summed E-state index contributed by atoms with van der Waals surface area (Å²) in [5.74, 6) is 0. The third-order valence-electron chi connectivity index (χ3n) is 14.8. The predicted octanol–water partition coefficient (Wildman–Crippen LogP) is 12.6. The van der Waals surface area contributed by atoms with E-state index in [9.17, 15) is 5.11 Å². The van der Waals surface area contributed by atoms with Crippen LogP contribution in [-0.2, 0) is 38.6 Å². The summed E-state index contributed by atoms with van der Waals surface area (Å²) >= 11 is 0. The summed E-state index contributed by atoms with van der Waals surface area (Å²) in [4.78, 5) is 0. The van der Waals surface area contributed by atoms with E-state index in [0.29, 0.717) is 7.48 Å². The van der Waals surface area contributed by atoms with Crippen molar-refractivity contribution in [2.45, 2.75) is 207 Å². The maximum absolute atomic E-state index is 11.1. The molecule has 62 heavy (non-hydrogen) atoms. The number of hydrogen-bond donors (Lipinski definition) is 1. The first-order valence-corrected chi connectivity index (χ1v) is 24.6. The lowest BCUT2D eigenvalue weighted by Crippen LogP contribution is -2.49. The van der Waals surface area contributed by atoms with E-state index < -0.39 is 34.9 Å². The summed E-state index contributed by atoms with van der Waals surface area (Å²) in [5.41, 5.74) is 12.3. The minimum absolute atomic E-state index is 0.395. The lowest BCUT2D eigenvalue weighted by molar-refractivity contribution is -0.0893. The van der Waals surface area contributed by atoms with Gasteiger partial charge >= 0.3 is 14.6 Å². The molecule has 4 aromatic rings. The lowest BCUT2D eigenvalue weighted by atomic mass is 9.64. The molecule has 1 saturated heterocycles. The molecule has 1 aliphatic carbocycles. The molecular weight excluding hydrogens is 758 g/mol. The van der Waals surface area contributed by atoms with Crippen LogP contribution in [0.15, 0.2) is 72.8 Å². The summed E-state index contributed by atoms with van der Waals surface area (Å²) in [7, 11) is -0.0858. The third-order valence-corrected chi connectivity index (χ3v) is 14.8. The molecule has 1 atom stereocenters. The van der Waals surface area contributed by atoms with Gasteiger partial charge in [-0.15, -0.1) is 0 Å². The lowest BCUT2D eigenvalue weighted by Gasteiger charge is -2.38. The second kappa shape index (κ2) is 19.9. The molecule has 4 aromatic carbocycles. The fourth-order valence-corrected chi connectivity index (χ4v) is 9.59. The van der Waals surface area contributed by atoms with Crippen LogP contribution in [0.4, 0.5) is 0 Å². The summed E-state index contributed by atoms with van der Waals surface area (Å²) in [6.45, 7) is 25.4. The van der Waals surface area contributed by atoms with Gasteiger partial charge in [0, 0.05) is 0 Å². The molecule has 334 valence electrons. The molecule has 0 aromatic heterocycles. The molecule has 6 heteroatoms. The first-order valence-electron chi connectivity index (χ1n) is 24.6. The van der Waals surface area contributed by atoms with Crippen molar-refractivity contribution in [1.29, 1.82) is 0 Å². The Morgan fingerprint density at radius 3 is 1.55 bits per heavy atom. The van der Waals surface area contributed by atoms with Gasteiger partial charge in [-0.05, 0) is 156 Å². The topological polar surface area (TPSA) is 47.9 Å². The number of fused-ring (bicyclic) bond motifs is 3. The Balaban J connectivity index is 1.65. The zero-order valence-corrected chi connectivity index (χ0v) is 41.0. The minimum Gasteiger partial charge on any atom is -0.427 e. The van der Waals surface area contributed by atoms with Gasteiger partial charge in [-0.25, -0.2) is 0 Å². The van der Waals surface area contributed by atoms with Crippen molar-refractivity contribution >= 4 is 25.5 Å². The second-order valence-electron chi connectivity index (χ2n) is 21.1. The smallest absolute Gasteiger partial charge is 0.427 e. The summed E-state index contributed by atoms with van der Waals surface area (Å²) < 4.78 is 20.2. The van der Waals surface area contributed by atoms with Crippen LogP contribution in [-0.4, -0.2) is 42.1 Å². The van der Waals surface area contributed by atoms with Crippen molar-refractivity contribution in [3.8, 4) is 11.1 Å². The van der Waals surface area contributed by atoms with Crippen LogP contribution in [0.5, 0.6) is 0 Å². The molecule has 1 N–H and O–H groups in total. The number of aliphatic hydroxyl groups is 1. The van der Waals surface area contributed by atoms with Gasteiger partial charge in [0.15, 0.2) is 0 Å². The highest BCUT2D eigenvalue weighted by molar-refractivity contribution is 6.62. The highest BCUT2D eigenvalue weighted by Crippen LogP contribution is 2.56. The molecule has 1 fully saturated rings. The maximum atomic E-state index is 11.1. The molecule has 6 rings (SSSR count). The SMILES string of the molecule is CCCCCCc1cc(C)cc(C2(c3cc(CCCCCC)cc(CCCCCC)c3)c3cc(BOC(C)(C)C(C)(C)O)ccc3-c3ccc(B4OC(C)(C)C(C)(C)O4)cc32)c1. The quantitative estimate of drug-likeness (QED) is 0.0557. The highest BCUT2D eigenvalue weighted by Gasteiger charge is 2.53. The van der Waals surface area contributed by atoms with E-state index in [4.69, 9.17) is 14.0 Å². The molecule has 1 heterocycles. The highest BCUT2D eigenvalue weighted by atomic mass is 16.7. The number of benzene rings is 4. The van der Waals surface area contributed by atoms with E-state index in [2.05, 4.69) is 128 Å². The van der Waals surface area contributed by atoms with E-state index in [1.54, 1.807) is 0 Å². The van der Waals surface area contributed by atoms with Crippen LogP contribution in [0.3, 0.4) is 0 Å². The van der Waals surface area contributed by atoms with Gasteiger partial charge in [0.05, 0.1) is 27.8 Å².